The molecule has 1 atom stereocenters. The van der Waals surface area contributed by atoms with Gasteiger partial charge in [0.2, 0.25) is 5.91 Å². The van der Waals surface area contributed by atoms with Gasteiger partial charge < -0.3 is 9.32 Å². The minimum atomic E-state index is 0.0868. The van der Waals surface area contributed by atoms with Crippen molar-refractivity contribution in [2.45, 2.75) is 45.6 Å². The largest absolute Gasteiger partial charge is 0.445 e. The van der Waals surface area contributed by atoms with Crippen LogP contribution in [0.5, 0.6) is 0 Å². The number of halogens is 1. The van der Waals surface area contributed by atoms with Crippen LogP contribution in [-0.2, 0) is 17.8 Å². The Bertz CT molecular complexity index is 1010. The molecule has 1 aromatic carbocycles. The maximum Gasteiger partial charge on any atom is 0.244 e. The van der Waals surface area contributed by atoms with E-state index in [2.05, 4.69) is 10.1 Å². The van der Waals surface area contributed by atoms with E-state index in [1.165, 1.54) is 0 Å². The molecule has 6 nitrogen and oxygen atoms in total. The van der Waals surface area contributed by atoms with E-state index in [0.717, 1.165) is 47.1 Å². The molecule has 3 aromatic rings. The zero-order chi connectivity index (χ0) is 20.4. The van der Waals surface area contributed by atoms with Gasteiger partial charge in [-0.15, -0.1) is 0 Å². The quantitative estimate of drug-likeness (QED) is 0.631. The summed E-state index contributed by atoms with van der Waals surface area (Å²) in [6.45, 7) is 5.58. The predicted molar refractivity (Wildman–Crippen MR) is 111 cm³/mol. The normalized spacial score (nSPS) is 16.9. The summed E-state index contributed by atoms with van der Waals surface area (Å²) < 4.78 is 7.80. The molecule has 1 aliphatic heterocycles. The first-order chi connectivity index (χ1) is 14.0. The third-order valence-corrected chi connectivity index (χ3v) is 5.77. The maximum atomic E-state index is 12.8. The van der Waals surface area contributed by atoms with Gasteiger partial charge in [0.1, 0.15) is 12.3 Å². The van der Waals surface area contributed by atoms with Crippen LogP contribution in [0.4, 0.5) is 0 Å². The van der Waals surface area contributed by atoms with Crippen LogP contribution in [0.25, 0.3) is 0 Å². The Morgan fingerprint density at radius 2 is 2.14 bits per heavy atom. The van der Waals surface area contributed by atoms with E-state index in [9.17, 15) is 4.79 Å². The lowest BCUT2D eigenvalue weighted by molar-refractivity contribution is -0.133. The standard InChI is InChI=1S/C22H25ClN4O2/c1-15-10-16(2)27(25-15)14-21(28)26-9-5-7-18(13-26)22-24-12-19(29-22)11-17-6-3-4-8-20(17)23/h3-4,6,8,10,12,18H,5,7,9,11,13-14H2,1-2H3/t18-/m0/s1. The average molecular weight is 413 g/mol. The molecule has 1 aliphatic rings. The number of hydrogen-bond donors (Lipinski definition) is 0. The lowest BCUT2D eigenvalue weighted by atomic mass is 9.98. The highest BCUT2D eigenvalue weighted by atomic mass is 35.5. The lowest BCUT2D eigenvalue weighted by Gasteiger charge is -2.31. The van der Waals surface area contributed by atoms with Crippen LogP contribution in [0.15, 0.2) is 40.9 Å². The highest BCUT2D eigenvalue weighted by molar-refractivity contribution is 6.31. The Balaban J connectivity index is 1.41. The molecule has 4 rings (SSSR count). The SMILES string of the molecule is Cc1cc(C)n(CC(=O)N2CCC[C@H](c3ncc(Cc4ccccc4Cl)o3)C2)n1. The van der Waals surface area contributed by atoms with Crippen LogP contribution in [0.3, 0.4) is 0 Å². The van der Waals surface area contributed by atoms with Crippen molar-refractivity contribution in [1.82, 2.24) is 19.7 Å². The van der Waals surface area contributed by atoms with Crippen LogP contribution in [-0.4, -0.2) is 38.7 Å². The van der Waals surface area contributed by atoms with Crippen LogP contribution in [0, 0.1) is 13.8 Å². The van der Waals surface area contributed by atoms with Gasteiger partial charge in [-0.1, -0.05) is 29.8 Å². The molecule has 0 saturated carbocycles. The van der Waals surface area contributed by atoms with Gasteiger partial charge in [0.15, 0.2) is 5.89 Å². The van der Waals surface area contributed by atoms with Crippen molar-refractivity contribution in [2.24, 2.45) is 0 Å². The number of oxazole rings is 1. The number of likely N-dealkylation sites (tertiary alicyclic amines) is 1. The van der Waals surface area contributed by atoms with Gasteiger partial charge in [-0.25, -0.2) is 4.98 Å². The fourth-order valence-electron chi connectivity index (χ4n) is 3.89. The molecule has 0 aliphatic carbocycles. The van der Waals surface area contributed by atoms with Crippen molar-refractivity contribution in [1.29, 1.82) is 0 Å². The zero-order valence-electron chi connectivity index (χ0n) is 16.8. The van der Waals surface area contributed by atoms with E-state index < -0.39 is 0 Å². The molecule has 152 valence electrons. The molecule has 29 heavy (non-hydrogen) atoms. The number of benzene rings is 1. The molecule has 0 spiro atoms. The van der Waals surface area contributed by atoms with E-state index in [4.69, 9.17) is 16.0 Å². The first-order valence-electron chi connectivity index (χ1n) is 9.96. The monoisotopic (exact) mass is 412 g/mol. The summed E-state index contributed by atoms with van der Waals surface area (Å²) in [5, 5.41) is 5.13. The number of amides is 1. The number of carbonyl (C=O) groups excluding carboxylic acids is 1. The number of aromatic nitrogens is 3. The summed E-state index contributed by atoms with van der Waals surface area (Å²) in [6.07, 6.45) is 4.29. The number of hydrogen-bond acceptors (Lipinski definition) is 4. The third-order valence-electron chi connectivity index (χ3n) is 5.41. The Labute approximate surface area is 175 Å². The van der Waals surface area contributed by atoms with Gasteiger partial charge in [0.05, 0.1) is 17.8 Å². The number of rotatable bonds is 5. The summed E-state index contributed by atoms with van der Waals surface area (Å²) >= 11 is 6.25. The number of nitrogens with zero attached hydrogens (tertiary/aromatic N) is 4. The Morgan fingerprint density at radius 3 is 2.90 bits per heavy atom. The molecular weight excluding hydrogens is 388 g/mol. The molecule has 1 amide bonds. The second kappa shape index (κ2) is 8.41. The second-order valence-electron chi connectivity index (χ2n) is 7.70. The summed E-state index contributed by atoms with van der Waals surface area (Å²) in [5.74, 6) is 1.70. The number of piperidine rings is 1. The van der Waals surface area contributed by atoms with Crippen LogP contribution in [0.2, 0.25) is 5.02 Å². The molecule has 2 aromatic heterocycles. The molecule has 0 N–H and O–H groups in total. The van der Waals surface area contributed by atoms with E-state index >= 15 is 0 Å². The first-order valence-corrected chi connectivity index (χ1v) is 10.3. The van der Waals surface area contributed by atoms with E-state index in [0.29, 0.717) is 18.9 Å². The minimum absolute atomic E-state index is 0.0868. The molecule has 7 heteroatoms. The Kier molecular flexibility index (Phi) is 5.72. The van der Waals surface area contributed by atoms with Crippen molar-refractivity contribution in [3.05, 3.63) is 70.2 Å². The Hall–Kier alpha value is -2.60. The smallest absolute Gasteiger partial charge is 0.244 e. The minimum Gasteiger partial charge on any atom is -0.445 e. The van der Waals surface area contributed by atoms with Gasteiger partial charge in [0.25, 0.3) is 0 Å². The van der Waals surface area contributed by atoms with Crippen LogP contribution >= 0.6 is 11.6 Å². The first kappa shape index (κ1) is 19.7. The van der Waals surface area contributed by atoms with Gasteiger partial charge in [0, 0.05) is 30.2 Å². The molecular formula is C22H25ClN4O2. The highest BCUT2D eigenvalue weighted by Crippen LogP contribution is 2.28. The van der Waals surface area contributed by atoms with Crippen molar-refractivity contribution in [3.63, 3.8) is 0 Å². The maximum absolute atomic E-state index is 12.8. The van der Waals surface area contributed by atoms with Crippen LogP contribution < -0.4 is 0 Å². The summed E-state index contributed by atoms with van der Waals surface area (Å²) in [5.41, 5.74) is 2.95. The molecule has 0 unspecified atom stereocenters. The molecule has 1 fully saturated rings. The topological polar surface area (TPSA) is 64.2 Å². The van der Waals surface area contributed by atoms with Gasteiger partial charge in [-0.05, 0) is 44.4 Å². The lowest BCUT2D eigenvalue weighted by Crippen LogP contribution is -2.41. The fourth-order valence-corrected chi connectivity index (χ4v) is 4.09. The van der Waals surface area contributed by atoms with Gasteiger partial charge >= 0.3 is 0 Å². The Morgan fingerprint density at radius 1 is 1.31 bits per heavy atom. The second-order valence-corrected chi connectivity index (χ2v) is 8.10. The third kappa shape index (κ3) is 4.53. The van der Waals surface area contributed by atoms with E-state index in [1.54, 1.807) is 10.9 Å². The van der Waals surface area contributed by atoms with Gasteiger partial charge in [-0.2, -0.15) is 5.10 Å². The van der Waals surface area contributed by atoms with E-state index in [1.807, 2.05) is 49.1 Å². The zero-order valence-corrected chi connectivity index (χ0v) is 17.5. The fraction of sp³-hybridized carbons (Fsp3) is 0.409. The average Bonchev–Trinajstić information content (AvgIpc) is 3.30. The molecule has 0 bridgehead atoms. The number of carbonyl (C=O) groups is 1. The summed E-state index contributed by atoms with van der Waals surface area (Å²) in [4.78, 5) is 19.2. The number of aryl methyl sites for hydroxylation is 2. The van der Waals surface area contributed by atoms with Crippen molar-refractivity contribution in [3.8, 4) is 0 Å². The molecule has 1 saturated heterocycles. The molecule has 0 radical (unpaired) electrons. The summed E-state index contributed by atoms with van der Waals surface area (Å²) in [6, 6.07) is 9.73. The highest BCUT2D eigenvalue weighted by Gasteiger charge is 2.28. The van der Waals surface area contributed by atoms with Crippen LogP contribution in [0.1, 0.15) is 47.4 Å². The predicted octanol–water partition coefficient (Wildman–Crippen LogP) is 4.14. The van der Waals surface area contributed by atoms with E-state index in [-0.39, 0.29) is 18.4 Å². The summed E-state index contributed by atoms with van der Waals surface area (Å²) in [7, 11) is 0. The van der Waals surface area contributed by atoms with Crippen molar-refractivity contribution < 1.29 is 9.21 Å². The van der Waals surface area contributed by atoms with Crippen molar-refractivity contribution >= 4 is 17.5 Å². The van der Waals surface area contributed by atoms with Gasteiger partial charge in [-0.3, -0.25) is 9.48 Å². The molecule has 3 heterocycles. The van der Waals surface area contributed by atoms with Crippen molar-refractivity contribution in [2.75, 3.05) is 13.1 Å².